The van der Waals surface area contributed by atoms with Gasteiger partial charge in [-0.3, -0.25) is 19.0 Å². The summed E-state index contributed by atoms with van der Waals surface area (Å²) in [5.74, 6) is -0.504. The molecule has 3 aromatic rings. The van der Waals surface area contributed by atoms with Crippen molar-refractivity contribution in [3.8, 4) is 0 Å². The Morgan fingerprint density at radius 3 is 2.21 bits per heavy atom. The van der Waals surface area contributed by atoms with E-state index in [-0.39, 0.29) is 23.0 Å². The van der Waals surface area contributed by atoms with Crippen LogP contribution in [0, 0.1) is 0 Å². The molecule has 0 aliphatic rings. The Morgan fingerprint density at radius 1 is 1.03 bits per heavy atom. The minimum absolute atomic E-state index is 0.0515. The molecule has 0 spiro atoms. The van der Waals surface area contributed by atoms with Crippen molar-refractivity contribution in [3.63, 3.8) is 0 Å². The van der Waals surface area contributed by atoms with Crippen LogP contribution < -0.4 is 16.4 Å². The van der Waals surface area contributed by atoms with Crippen LogP contribution in [0.4, 0.5) is 0 Å². The molecule has 33 heavy (non-hydrogen) atoms. The zero-order valence-electron chi connectivity index (χ0n) is 18.7. The highest BCUT2D eigenvalue weighted by molar-refractivity contribution is 7.89. The molecular formula is C22H25ClN4O5S. The number of hydrogen-bond acceptors (Lipinski definition) is 5. The third kappa shape index (κ3) is 4.87. The molecule has 0 bridgehead atoms. The molecule has 0 saturated heterocycles. The van der Waals surface area contributed by atoms with E-state index in [1.807, 2.05) is 0 Å². The van der Waals surface area contributed by atoms with Crippen LogP contribution in [0.3, 0.4) is 0 Å². The summed E-state index contributed by atoms with van der Waals surface area (Å²) >= 11 is 5.90. The Bertz CT molecular complexity index is 1430. The lowest BCUT2D eigenvalue weighted by molar-refractivity contribution is -0.122. The molecule has 0 aliphatic heterocycles. The summed E-state index contributed by atoms with van der Waals surface area (Å²) in [6, 6.07) is 10.7. The van der Waals surface area contributed by atoms with Crippen LogP contribution in [0.5, 0.6) is 0 Å². The van der Waals surface area contributed by atoms with Crippen LogP contribution in [0.1, 0.15) is 25.5 Å². The average molecular weight is 493 g/mol. The molecular weight excluding hydrogens is 468 g/mol. The van der Waals surface area contributed by atoms with Gasteiger partial charge in [-0.2, -0.15) is 0 Å². The van der Waals surface area contributed by atoms with E-state index in [2.05, 4.69) is 5.32 Å². The molecule has 9 nitrogen and oxygen atoms in total. The standard InChI is InChI=1S/C22H25ClN4O5S/c1-5-26-18-11-10-17(33(31,32)25(3)4)12-19(18)27(22(30)21(26)29)13-20(28)24-14(2)15-6-8-16(23)9-7-15/h6-12,14H,5,13H2,1-4H3,(H,24,28). The second-order valence-corrected chi connectivity index (χ2v) is 10.3. The zero-order valence-corrected chi connectivity index (χ0v) is 20.3. The predicted molar refractivity (Wildman–Crippen MR) is 127 cm³/mol. The second-order valence-electron chi connectivity index (χ2n) is 7.72. The fourth-order valence-corrected chi connectivity index (χ4v) is 4.55. The first-order valence-corrected chi connectivity index (χ1v) is 12.0. The minimum Gasteiger partial charge on any atom is -0.348 e. The van der Waals surface area contributed by atoms with Crippen molar-refractivity contribution >= 4 is 38.6 Å². The first kappa shape index (κ1) is 24.7. The lowest BCUT2D eigenvalue weighted by Gasteiger charge is -2.18. The molecule has 2 aromatic carbocycles. The predicted octanol–water partition coefficient (Wildman–Crippen LogP) is 1.96. The van der Waals surface area contributed by atoms with Crippen molar-refractivity contribution < 1.29 is 13.2 Å². The van der Waals surface area contributed by atoms with E-state index in [0.717, 1.165) is 14.4 Å². The number of halogens is 1. The first-order chi connectivity index (χ1) is 15.5. The van der Waals surface area contributed by atoms with Gasteiger partial charge in [-0.15, -0.1) is 0 Å². The molecule has 1 amide bonds. The highest BCUT2D eigenvalue weighted by atomic mass is 35.5. The molecule has 1 atom stereocenters. The third-order valence-electron chi connectivity index (χ3n) is 5.35. The van der Waals surface area contributed by atoms with Crippen molar-refractivity contribution in [1.29, 1.82) is 0 Å². The number of rotatable bonds is 7. The monoisotopic (exact) mass is 492 g/mol. The van der Waals surface area contributed by atoms with Gasteiger partial charge in [0.25, 0.3) is 0 Å². The quantitative estimate of drug-likeness (QED) is 0.507. The van der Waals surface area contributed by atoms with Gasteiger partial charge in [-0.25, -0.2) is 12.7 Å². The van der Waals surface area contributed by atoms with Crippen molar-refractivity contribution in [1.82, 2.24) is 18.8 Å². The fourth-order valence-electron chi connectivity index (χ4n) is 3.51. The van der Waals surface area contributed by atoms with E-state index in [1.165, 1.54) is 36.9 Å². The van der Waals surface area contributed by atoms with Gasteiger partial charge in [-0.05, 0) is 49.7 Å². The van der Waals surface area contributed by atoms with Crippen molar-refractivity contribution in [3.05, 3.63) is 73.8 Å². The number of aryl methyl sites for hydroxylation is 1. The number of amides is 1. The lowest BCUT2D eigenvalue weighted by atomic mass is 10.1. The van der Waals surface area contributed by atoms with Gasteiger partial charge in [-0.1, -0.05) is 23.7 Å². The van der Waals surface area contributed by atoms with Crippen LogP contribution in [0.25, 0.3) is 11.0 Å². The number of sulfonamides is 1. The number of nitrogens with zero attached hydrogens (tertiary/aromatic N) is 3. The number of aromatic nitrogens is 2. The number of nitrogens with one attached hydrogen (secondary N) is 1. The summed E-state index contributed by atoms with van der Waals surface area (Å²) in [4.78, 5) is 38.2. The number of benzene rings is 2. The van der Waals surface area contributed by atoms with E-state index in [0.29, 0.717) is 10.5 Å². The molecule has 0 fully saturated rings. The summed E-state index contributed by atoms with van der Waals surface area (Å²) in [6.45, 7) is 3.25. The van der Waals surface area contributed by atoms with Crippen molar-refractivity contribution in [2.75, 3.05) is 14.1 Å². The Hall–Kier alpha value is -2.95. The molecule has 1 N–H and O–H groups in total. The number of fused-ring (bicyclic) bond motifs is 1. The average Bonchev–Trinajstić information content (AvgIpc) is 2.77. The van der Waals surface area contributed by atoms with Gasteiger partial charge in [0.2, 0.25) is 15.9 Å². The van der Waals surface area contributed by atoms with Crippen LogP contribution in [0.2, 0.25) is 5.02 Å². The highest BCUT2D eigenvalue weighted by Crippen LogP contribution is 2.20. The summed E-state index contributed by atoms with van der Waals surface area (Å²) in [5, 5.41) is 3.36. The molecule has 1 unspecified atom stereocenters. The molecule has 11 heteroatoms. The number of hydrogen-bond donors (Lipinski definition) is 1. The van der Waals surface area contributed by atoms with E-state index in [1.54, 1.807) is 38.1 Å². The van der Waals surface area contributed by atoms with Crippen LogP contribution >= 0.6 is 11.6 Å². The third-order valence-corrected chi connectivity index (χ3v) is 7.41. The summed E-state index contributed by atoms with van der Waals surface area (Å²) in [7, 11) is -1.01. The van der Waals surface area contributed by atoms with Gasteiger partial charge in [0.15, 0.2) is 0 Å². The molecule has 3 rings (SSSR count). The minimum atomic E-state index is -3.80. The van der Waals surface area contributed by atoms with E-state index in [9.17, 15) is 22.8 Å². The Labute approximate surface area is 196 Å². The normalized spacial score (nSPS) is 12.8. The maximum atomic E-state index is 12.9. The molecule has 1 aromatic heterocycles. The lowest BCUT2D eigenvalue weighted by Crippen LogP contribution is -2.44. The van der Waals surface area contributed by atoms with Crippen LogP contribution in [-0.2, 0) is 27.9 Å². The van der Waals surface area contributed by atoms with Crippen LogP contribution in [0.15, 0.2) is 56.9 Å². The number of carbonyl (C=O) groups excluding carboxylic acids is 1. The summed E-state index contributed by atoms with van der Waals surface area (Å²) in [6.07, 6.45) is 0. The second kappa shape index (κ2) is 9.50. The molecule has 0 aliphatic carbocycles. The first-order valence-electron chi connectivity index (χ1n) is 10.2. The van der Waals surface area contributed by atoms with E-state index >= 15 is 0 Å². The van der Waals surface area contributed by atoms with Gasteiger partial charge < -0.3 is 9.88 Å². The molecule has 176 valence electrons. The van der Waals surface area contributed by atoms with E-state index in [4.69, 9.17) is 11.6 Å². The number of carbonyl (C=O) groups is 1. The van der Waals surface area contributed by atoms with Gasteiger partial charge in [0.1, 0.15) is 6.54 Å². The largest absolute Gasteiger partial charge is 0.348 e. The summed E-state index contributed by atoms with van der Waals surface area (Å²) in [5.41, 5.74) is -0.340. The molecule has 0 radical (unpaired) electrons. The summed E-state index contributed by atoms with van der Waals surface area (Å²) < 4.78 is 28.6. The van der Waals surface area contributed by atoms with Crippen LogP contribution in [-0.4, -0.2) is 41.9 Å². The van der Waals surface area contributed by atoms with Gasteiger partial charge in [0, 0.05) is 25.7 Å². The van der Waals surface area contributed by atoms with Crippen molar-refractivity contribution in [2.45, 2.75) is 37.9 Å². The molecule has 0 saturated carbocycles. The molecule has 1 heterocycles. The Kier molecular flexibility index (Phi) is 7.11. The maximum absolute atomic E-state index is 12.9. The topological polar surface area (TPSA) is 110 Å². The van der Waals surface area contributed by atoms with Gasteiger partial charge >= 0.3 is 11.1 Å². The fraction of sp³-hybridized carbons (Fsp3) is 0.318. The van der Waals surface area contributed by atoms with Crippen molar-refractivity contribution in [2.24, 2.45) is 0 Å². The maximum Gasteiger partial charge on any atom is 0.317 e. The smallest absolute Gasteiger partial charge is 0.317 e. The van der Waals surface area contributed by atoms with Gasteiger partial charge in [0.05, 0.1) is 22.0 Å². The Morgan fingerprint density at radius 2 is 1.64 bits per heavy atom. The zero-order chi connectivity index (χ0) is 24.5. The Balaban J connectivity index is 2.07. The highest BCUT2D eigenvalue weighted by Gasteiger charge is 2.21. The van der Waals surface area contributed by atoms with E-state index < -0.39 is 33.6 Å². The SMILES string of the molecule is CCn1c(=O)c(=O)n(CC(=O)NC(C)c2ccc(Cl)cc2)c2cc(S(=O)(=O)N(C)C)ccc21.